The molecule has 0 radical (unpaired) electrons. The minimum absolute atomic E-state index is 0.0433. The molecule has 6 heteroatoms. The normalized spacial score (nSPS) is 27.6. The number of carbonyl (C=O) groups excluding carboxylic acids is 1. The third kappa shape index (κ3) is 3.91. The zero-order valence-corrected chi connectivity index (χ0v) is 19.1. The van der Waals surface area contributed by atoms with Crippen LogP contribution in [0.15, 0.2) is 59.0 Å². The Bertz CT molecular complexity index is 931. The van der Waals surface area contributed by atoms with E-state index >= 15 is 0 Å². The third-order valence-electron chi connectivity index (χ3n) is 7.51. The van der Waals surface area contributed by atoms with Crippen LogP contribution in [0.4, 0.5) is 5.69 Å². The van der Waals surface area contributed by atoms with Crippen molar-refractivity contribution in [3.63, 3.8) is 0 Å². The van der Waals surface area contributed by atoms with Gasteiger partial charge in [0.25, 0.3) is 5.91 Å². The van der Waals surface area contributed by atoms with Gasteiger partial charge < -0.3 is 15.5 Å². The Balaban J connectivity index is 1.48. The molecule has 0 bridgehead atoms. The number of fused-ring (bicyclic) bond motifs is 3. The Labute approximate surface area is 191 Å². The van der Waals surface area contributed by atoms with Gasteiger partial charge in [0, 0.05) is 19.3 Å². The highest BCUT2D eigenvalue weighted by molar-refractivity contribution is 6.13. The predicted octanol–water partition coefficient (Wildman–Crippen LogP) is 4.45. The van der Waals surface area contributed by atoms with Crippen LogP contribution >= 0.6 is 0 Å². The van der Waals surface area contributed by atoms with Crippen LogP contribution in [0.3, 0.4) is 0 Å². The molecular formula is C26H35N5O. The molecule has 2 aliphatic heterocycles. The summed E-state index contributed by atoms with van der Waals surface area (Å²) in [5.74, 6) is 2.14. The molecule has 2 saturated carbocycles. The molecule has 5 rings (SSSR count). The zero-order valence-electron chi connectivity index (χ0n) is 19.1. The third-order valence-corrected chi connectivity index (χ3v) is 7.51. The smallest absolute Gasteiger partial charge is 0.266 e. The number of carbonyl (C=O) groups is 1. The van der Waals surface area contributed by atoms with E-state index in [2.05, 4.69) is 22.1 Å². The molecule has 2 aliphatic carbocycles. The Hall–Kier alpha value is -2.76. The zero-order chi connectivity index (χ0) is 22.1. The van der Waals surface area contributed by atoms with Gasteiger partial charge in [0.2, 0.25) is 5.96 Å². The largest absolute Gasteiger partial charge is 0.371 e. The molecule has 2 unspecified atom stereocenters. The molecule has 0 aromatic heterocycles. The fourth-order valence-corrected chi connectivity index (χ4v) is 5.72. The van der Waals surface area contributed by atoms with E-state index in [0.29, 0.717) is 17.5 Å². The maximum Gasteiger partial charge on any atom is 0.266 e. The first-order valence-electron chi connectivity index (χ1n) is 12.3. The molecule has 1 amide bonds. The van der Waals surface area contributed by atoms with Gasteiger partial charge in [0.15, 0.2) is 0 Å². The second-order valence-electron chi connectivity index (χ2n) is 9.66. The first kappa shape index (κ1) is 21.1. The topological polar surface area (TPSA) is 60.0 Å². The van der Waals surface area contributed by atoms with Gasteiger partial charge in [-0.15, -0.1) is 0 Å². The molecule has 0 spiro atoms. The Kier molecular flexibility index (Phi) is 5.94. The molecule has 1 saturated heterocycles. The van der Waals surface area contributed by atoms with Crippen LogP contribution < -0.4 is 10.6 Å². The highest BCUT2D eigenvalue weighted by Gasteiger charge is 2.47. The number of hydrogen-bond acceptors (Lipinski definition) is 5. The summed E-state index contributed by atoms with van der Waals surface area (Å²) in [5, 5.41) is 7.15. The predicted molar refractivity (Wildman–Crippen MR) is 129 cm³/mol. The molecule has 4 aliphatic rings. The van der Waals surface area contributed by atoms with Crippen LogP contribution in [0.5, 0.6) is 0 Å². The van der Waals surface area contributed by atoms with Crippen molar-refractivity contribution < 1.29 is 4.79 Å². The van der Waals surface area contributed by atoms with Crippen molar-refractivity contribution in [2.45, 2.75) is 69.9 Å². The summed E-state index contributed by atoms with van der Waals surface area (Å²) in [6.07, 6.45) is 11.1. The highest BCUT2D eigenvalue weighted by atomic mass is 16.2. The van der Waals surface area contributed by atoms with Crippen molar-refractivity contribution in [2.75, 3.05) is 18.9 Å². The van der Waals surface area contributed by atoms with E-state index < -0.39 is 0 Å². The number of rotatable bonds is 5. The number of benzene rings is 1. The maximum absolute atomic E-state index is 13.6. The van der Waals surface area contributed by atoms with Gasteiger partial charge in [-0.3, -0.25) is 9.69 Å². The van der Waals surface area contributed by atoms with E-state index in [4.69, 9.17) is 4.99 Å². The summed E-state index contributed by atoms with van der Waals surface area (Å²) < 4.78 is 0. The van der Waals surface area contributed by atoms with E-state index in [0.717, 1.165) is 42.6 Å². The van der Waals surface area contributed by atoms with Gasteiger partial charge in [0.05, 0.1) is 17.8 Å². The molecule has 1 aromatic carbocycles. The SMILES string of the molecule is C=C1/C(=C(\NCC2CCCCC2)Nc2ccccc2)C(=O)N(C)C2=NC3CCCCC3N12. The number of nitrogens with one attached hydrogen (secondary N) is 2. The van der Waals surface area contributed by atoms with E-state index in [9.17, 15) is 4.79 Å². The molecular weight excluding hydrogens is 398 g/mol. The molecule has 32 heavy (non-hydrogen) atoms. The lowest BCUT2D eigenvalue weighted by atomic mass is 9.89. The lowest BCUT2D eigenvalue weighted by Gasteiger charge is -2.41. The van der Waals surface area contributed by atoms with Crippen LogP contribution in [0.25, 0.3) is 0 Å². The quantitative estimate of drug-likeness (QED) is 0.674. The Morgan fingerprint density at radius 1 is 1.06 bits per heavy atom. The second kappa shape index (κ2) is 9.00. The van der Waals surface area contributed by atoms with Crippen molar-refractivity contribution in [1.29, 1.82) is 0 Å². The van der Waals surface area contributed by atoms with Gasteiger partial charge in [-0.1, -0.05) is 56.9 Å². The average molecular weight is 434 g/mol. The lowest BCUT2D eigenvalue weighted by Crippen LogP contribution is -2.54. The van der Waals surface area contributed by atoms with Crippen molar-refractivity contribution in [2.24, 2.45) is 10.9 Å². The second-order valence-corrected chi connectivity index (χ2v) is 9.66. The Morgan fingerprint density at radius 3 is 2.56 bits per heavy atom. The van der Waals surface area contributed by atoms with Crippen LogP contribution in [-0.2, 0) is 4.79 Å². The van der Waals surface area contributed by atoms with Crippen molar-refractivity contribution in [3.05, 3.63) is 54.0 Å². The number of para-hydroxylation sites is 1. The summed E-state index contributed by atoms with van der Waals surface area (Å²) in [7, 11) is 1.85. The van der Waals surface area contributed by atoms with Crippen LogP contribution in [-0.4, -0.2) is 47.3 Å². The number of nitrogens with zero attached hydrogens (tertiary/aromatic N) is 3. The molecule has 6 nitrogen and oxygen atoms in total. The molecule has 2 atom stereocenters. The standard InChI is InChI=1S/C26H35N5O/c1-18-23(25(32)30(2)26-29-21-15-9-10-16-22(21)31(18)26)24(28-20-13-7-4-8-14-20)27-17-19-11-5-3-6-12-19/h4,7-8,13-14,19,21-22,27-28H,1,3,5-6,9-12,15-17H2,2H3/b24-23-. The number of likely N-dealkylation sites (N-methyl/N-ethyl adjacent to an activating group) is 1. The summed E-state index contributed by atoms with van der Waals surface area (Å²) in [6.45, 7) is 5.30. The van der Waals surface area contributed by atoms with Crippen molar-refractivity contribution in [3.8, 4) is 0 Å². The van der Waals surface area contributed by atoms with Crippen molar-refractivity contribution >= 4 is 17.6 Å². The average Bonchev–Trinajstić information content (AvgIpc) is 3.22. The fourth-order valence-electron chi connectivity index (χ4n) is 5.72. The van der Waals surface area contributed by atoms with Crippen LogP contribution in [0.2, 0.25) is 0 Å². The fraction of sp³-hybridized carbons (Fsp3) is 0.538. The first-order chi connectivity index (χ1) is 15.6. The maximum atomic E-state index is 13.6. The number of aliphatic imine (C=N–C) groups is 1. The molecule has 170 valence electrons. The summed E-state index contributed by atoms with van der Waals surface area (Å²) in [6, 6.07) is 10.7. The number of guanidine groups is 1. The minimum atomic E-state index is -0.0433. The van der Waals surface area contributed by atoms with Crippen molar-refractivity contribution in [1.82, 2.24) is 15.1 Å². The van der Waals surface area contributed by atoms with E-state index in [1.54, 1.807) is 4.90 Å². The van der Waals surface area contributed by atoms with Gasteiger partial charge in [-0.05, 0) is 43.7 Å². The summed E-state index contributed by atoms with van der Waals surface area (Å²) >= 11 is 0. The number of amides is 1. The first-order valence-corrected chi connectivity index (χ1v) is 12.3. The van der Waals surface area contributed by atoms with Crippen LogP contribution in [0, 0.1) is 5.92 Å². The highest BCUT2D eigenvalue weighted by Crippen LogP contribution is 2.39. The Morgan fingerprint density at radius 2 is 1.78 bits per heavy atom. The van der Waals surface area contributed by atoms with E-state index in [1.807, 2.05) is 37.4 Å². The summed E-state index contributed by atoms with van der Waals surface area (Å²) in [5.41, 5.74) is 2.37. The lowest BCUT2D eigenvalue weighted by molar-refractivity contribution is -0.123. The van der Waals surface area contributed by atoms with Gasteiger partial charge in [0.1, 0.15) is 11.4 Å². The summed E-state index contributed by atoms with van der Waals surface area (Å²) in [4.78, 5) is 22.5. The molecule has 2 N–H and O–H groups in total. The molecule has 3 fully saturated rings. The van der Waals surface area contributed by atoms with Gasteiger partial charge in [-0.25, -0.2) is 4.99 Å². The van der Waals surface area contributed by atoms with Gasteiger partial charge >= 0.3 is 0 Å². The van der Waals surface area contributed by atoms with Gasteiger partial charge in [-0.2, -0.15) is 0 Å². The molecule has 2 heterocycles. The number of hydrogen-bond donors (Lipinski definition) is 2. The monoisotopic (exact) mass is 433 g/mol. The number of anilines is 1. The van der Waals surface area contributed by atoms with E-state index in [-0.39, 0.29) is 11.9 Å². The minimum Gasteiger partial charge on any atom is -0.371 e. The molecule has 1 aromatic rings. The van der Waals surface area contributed by atoms with Crippen LogP contribution in [0.1, 0.15) is 57.8 Å². The van der Waals surface area contributed by atoms with E-state index in [1.165, 1.54) is 44.9 Å².